The molecular formula is C9H16N4O4S2. The number of sulfonamides is 1. The standard InChI is InChI=1S/C9H16N4O4S2/c1-12(2)5-3-4-11-19(16,17)8-6-7(13(14)15)9(10)18-8/h6,11H,3-5,10H2,1-2H3. The summed E-state index contributed by atoms with van der Waals surface area (Å²) in [6.07, 6.45) is 0.648. The molecule has 0 aliphatic rings. The van der Waals surface area contributed by atoms with Crippen molar-refractivity contribution in [3.8, 4) is 0 Å². The highest BCUT2D eigenvalue weighted by Gasteiger charge is 2.24. The molecule has 0 aromatic carbocycles. The summed E-state index contributed by atoms with van der Waals surface area (Å²) in [7, 11) is 0.0456. The van der Waals surface area contributed by atoms with Crippen LogP contribution in [0.2, 0.25) is 0 Å². The van der Waals surface area contributed by atoms with Crippen LogP contribution in [0.25, 0.3) is 0 Å². The summed E-state index contributed by atoms with van der Waals surface area (Å²) in [4.78, 5) is 11.8. The van der Waals surface area contributed by atoms with Crippen LogP contribution in [0, 0.1) is 10.1 Å². The zero-order valence-corrected chi connectivity index (χ0v) is 12.3. The zero-order valence-electron chi connectivity index (χ0n) is 10.6. The van der Waals surface area contributed by atoms with Gasteiger partial charge in [0, 0.05) is 12.6 Å². The molecule has 0 spiro atoms. The van der Waals surface area contributed by atoms with Gasteiger partial charge in [-0.1, -0.05) is 11.3 Å². The number of nitro groups is 1. The maximum Gasteiger partial charge on any atom is 0.304 e. The molecular weight excluding hydrogens is 292 g/mol. The number of rotatable bonds is 7. The van der Waals surface area contributed by atoms with Crippen molar-refractivity contribution in [3.05, 3.63) is 16.2 Å². The Hall–Kier alpha value is -1.23. The van der Waals surface area contributed by atoms with Gasteiger partial charge >= 0.3 is 5.69 Å². The number of nitrogens with one attached hydrogen (secondary N) is 1. The average molecular weight is 308 g/mol. The van der Waals surface area contributed by atoms with E-state index >= 15 is 0 Å². The van der Waals surface area contributed by atoms with E-state index in [0.29, 0.717) is 17.8 Å². The summed E-state index contributed by atoms with van der Waals surface area (Å²) in [6.45, 7) is 1.02. The van der Waals surface area contributed by atoms with E-state index < -0.39 is 14.9 Å². The van der Waals surface area contributed by atoms with Crippen LogP contribution in [-0.4, -0.2) is 45.4 Å². The lowest BCUT2D eigenvalue weighted by Crippen LogP contribution is -2.26. The van der Waals surface area contributed by atoms with Gasteiger partial charge in [-0.15, -0.1) is 0 Å². The average Bonchev–Trinajstić information content (AvgIpc) is 2.67. The van der Waals surface area contributed by atoms with Crippen molar-refractivity contribution in [2.45, 2.75) is 10.6 Å². The Kier molecular flexibility index (Phi) is 5.23. The summed E-state index contributed by atoms with van der Waals surface area (Å²) in [5, 5.41) is 10.5. The summed E-state index contributed by atoms with van der Waals surface area (Å²) < 4.78 is 26.0. The summed E-state index contributed by atoms with van der Waals surface area (Å²) in [6, 6.07) is 0.980. The minimum Gasteiger partial charge on any atom is -0.385 e. The van der Waals surface area contributed by atoms with Gasteiger partial charge in [0.1, 0.15) is 4.21 Å². The first-order valence-corrected chi connectivity index (χ1v) is 7.72. The smallest absolute Gasteiger partial charge is 0.304 e. The van der Waals surface area contributed by atoms with Gasteiger partial charge in [-0.2, -0.15) is 0 Å². The van der Waals surface area contributed by atoms with Crippen molar-refractivity contribution in [2.75, 3.05) is 32.9 Å². The molecule has 1 rings (SSSR count). The highest BCUT2D eigenvalue weighted by Crippen LogP contribution is 2.34. The van der Waals surface area contributed by atoms with Crippen molar-refractivity contribution < 1.29 is 13.3 Å². The van der Waals surface area contributed by atoms with Crippen LogP contribution in [0.4, 0.5) is 10.7 Å². The summed E-state index contributed by atoms with van der Waals surface area (Å²) in [5.74, 6) is 0. The van der Waals surface area contributed by atoms with Gasteiger partial charge in [0.05, 0.1) is 4.92 Å². The molecule has 3 N–H and O–H groups in total. The zero-order chi connectivity index (χ0) is 14.6. The third-order valence-corrected chi connectivity index (χ3v) is 5.14. The van der Waals surface area contributed by atoms with E-state index in [0.717, 1.165) is 12.6 Å². The number of thiophene rings is 1. The van der Waals surface area contributed by atoms with Crippen molar-refractivity contribution in [1.29, 1.82) is 0 Å². The molecule has 0 bridgehead atoms. The van der Waals surface area contributed by atoms with E-state index in [1.54, 1.807) is 0 Å². The Morgan fingerprint density at radius 1 is 1.53 bits per heavy atom. The van der Waals surface area contributed by atoms with E-state index in [1.807, 2.05) is 19.0 Å². The molecule has 108 valence electrons. The fraction of sp³-hybridized carbons (Fsp3) is 0.556. The highest BCUT2D eigenvalue weighted by atomic mass is 32.2. The summed E-state index contributed by atoms with van der Waals surface area (Å²) >= 11 is 0.689. The Balaban J connectivity index is 2.72. The van der Waals surface area contributed by atoms with Gasteiger partial charge in [-0.25, -0.2) is 13.1 Å². The molecule has 0 radical (unpaired) electrons. The monoisotopic (exact) mass is 308 g/mol. The summed E-state index contributed by atoms with van der Waals surface area (Å²) in [5.41, 5.74) is 5.04. The lowest BCUT2D eigenvalue weighted by molar-refractivity contribution is -0.383. The van der Waals surface area contributed by atoms with E-state index in [1.165, 1.54) is 0 Å². The Labute approximate surface area is 115 Å². The fourth-order valence-electron chi connectivity index (χ4n) is 1.32. The van der Waals surface area contributed by atoms with Crippen LogP contribution in [-0.2, 0) is 10.0 Å². The number of nitrogen functional groups attached to an aromatic ring is 1. The first kappa shape index (κ1) is 15.8. The largest absolute Gasteiger partial charge is 0.385 e. The highest BCUT2D eigenvalue weighted by molar-refractivity contribution is 7.91. The third kappa shape index (κ3) is 4.42. The minimum atomic E-state index is -3.73. The number of hydrogen-bond donors (Lipinski definition) is 2. The predicted molar refractivity (Wildman–Crippen MR) is 73.7 cm³/mol. The maximum atomic E-state index is 11.9. The predicted octanol–water partition coefficient (Wildman–Crippen LogP) is 0.469. The van der Waals surface area contributed by atoms with E-state index in [-0.39, 0.29) is 21.4 Å². The molecule has 1 aromatic rings. The van der Waals surface area contributed by atoms with Crippen LogP contribution in [0.3, 0.4) is 0 Å². The first-order valence-electron chi connectivity index (χ1n) is 5.42. The van der Waals surface area contributed by atoms with Gasteiger partial charge in [0.25, 0.3) is 0 Å². The molecule has 0 amide bonds. The van der Waals surface area contributed by atoms with Crippen LogP contribution in [0.1, 0.15) is 6.42 Å². The van der Waals surface area contributed by atoms with Gasteiger partial charge in [0.15, 0.2) is 5.00 Å². The Morgan fingerprint density at radius 2 is 2.16 bits per heavy atom. The third-order valence-electron chi connectivity index (χ3n) is 2.25. The van der Waals surface area contributed by atoms with Crippen molar-refractivity contribution in [2.24, 2.45) is 0 Å². The van der Waals surface area contributed by atoms with Gasteiger partial charge in [-0.05, 0) is 27.1 Å². The second-order valence-corrected chi connectivity index (χ2v) is 7.20. The number of hydrogen-bond acceptors (Lipinski definition) is 7. The molecule has 0 aliphatic heterocycles. The van der Waals surface area contributed by atoms with E-state index in [9.17, 15) is 18.5 Å². The molecule has 0 saturated carbocycles. The van der Waals surface area contributed by atoms with Crippen molar-refractivity contribution in [1.82, 2.24) is 9.62 Å². The topological polar surface area (TPSA) is 119 Å². The first-order chi connectivity index (χ1) is 8.74. The molecule has 0 atom stereocenters. The number of anilines is 1. The lowest BCUT2D eigenvalue weighted by atomic mass is 10.4. The molecule has 10 heteroatoms. The molecule has 0 unspecified atom stereocenters. The van der Waals surface area contributed by atoms with Gasteiger partial charge in [-0.3, -0.25) is 10.1 Å². The SMILES string of the molecule is CN(C)CCCNS(=O)(=O)c1cc([N+](=O)[O-])c(N)s1. The second-order valence-electron chi connectivity index (χ2n) is 4.13. The van der Waals surface area contributed by atoms with Crippen LogP contribution in [0.15, 0.2) is 10.3 Å². The molecule has 1 heterocycles. The molecule has 1 aromatic heterocycles. The lowest BCUT2D eigenvalue weighted by Gasteiger charge is -2.09. The quantitative estimate of drug-likeness (QED) is 0.429. The van der Waals surface area contributed by atoms with Gasteiger partial charge in [0.2, 0.25) is 10.0 Å². The van der Waals surface area contributed by atoms with Gasteiger partial charge < -0.3 is 10.6 Å². The molecule has 8 nitrogen and oxygen atoms in total. The molecule has 0 aliphatic carbocycles. The maximum absolute atomic E-state index is 11.9. The van der Waals surface area contributed by atoms with E-state index in [2.05, 4.69) is 4.72 Å². The van der Waals surface area contributed by atoms with E-state index in [4.69, 9.17) is 5.73 Å². The molecule has 19 heavy (non-hydrogen) atoms. The Bertz CT molecular complexity index is 553. The molecule has 0 fully saturated rings. The minimum absolute atomic E-state index is 0.112. The number of nitrogens with two attached hydrogens (primary N) is 1. The normalized spacial score (nSPS) is 11.9. The van der Waals surface area contributed by atoms with Crippen LogP contribution < -0.4 is 10.5 Å². The van der Waals surface area contributed by atoms with Crippen LogP contribution in [0.5, 0.6) is 0 Å². The van der Waals surface area contributed by atoms with Crippen LogP contribution >= 0.6 is 11.3 Å². The molecule has 0 saturated heterocycles. The fourth-order valence-corrected chi connectivity index (χ4v) is 3.65. The van der Waals surface area contributed by atoms with Crippen molar-refractivity contribution >= 4 is 32.0 Å². The second kappa shape index (κ2) is 6.28. The Morgan fingerprint density at radius 3 is 2.63 bits per heavy atom. The number of nitrogens with zero attached hydrogens (tertiary/aromatic N) is 2. The van der Waals surface area contributed by atoms with Crippen molar-refractivity contribution in [3.63, 3.8) is 0 Å².